The van der Waals surface area contributed by atoms with Crippen LogP contribution in [0, 0.1) is 11.8 Å². The standard InChI is InChI=1S/C47H43N/c1-47(2)45-11-7-6-10-43(45)44-31-42(26-27-46(44)47)48(40-22-18-36(19-23-40)34-8-4-3-5-9-34)41-24-20-37(21-25-41)35-14-16-38(17-15-35)39-29-32-12-13-33(28-32)30-39/h3-11,14-27,31-33,39H,12-13,28-30H2,1-2H3. The van der Waals surface area contributed by atoms with Gasteiger partial charge in [-0.1, -0.05) is 136 Å². The van der Waals surface area contributed by atoms with Gasteiger partial charge in [0.2, 0.25) is 0 Å². The monoisotopic (exact) mass is 621 g/mol. The zero-order chi connectivity index (χ0) is 32.2. The lowest BCUT2D eigenvalue weighted by Gasteiger charge is -2.28. The number of benzene rings is 6. The molecule has 0 heterocycles. The van der Waals surface area contributed by atoms with Crippen LogP contribution in [0.1, 0.15) is 68.6 Å². The molecule has 2 saturated carbocycles. The van der Waals surface area contributed by atoms with Crippen molar-refractivity contribution in [2.45, 2.75) is 57.3 Å². The number of anilines is 3. The van der Waals surface area contributed by atoms with E-state index in [-0.39, 0.29) is 5.41 Å². The Bertz CT molecular complexity index is 2060. The maximum atomic E-state index is 2.41. The Morgan fingerprint density at radius 3 is 1.58 bits per heavy atom. The molecule has 0 N–H and O–H groups in total. The van der Waals surface area contributed by atoms with Gasteiger partial charge in [-0.15, -0.1) is 0 Å². The van der Waals surface area contributed by atoms with Crippen molar-refractivity contribution in [3.05, 3.63) is 162 Å². The van der Waals surface area contributed by atoms with Gasteiger partial charge in [-0.25, -0.2) is 0 Å². The third kappa shape index (κ3) is 5.08. The summed E-state index contributed by atoms with van der Waals surface area (Å²) in [5, 5.41) is 0. The van der Waals surface area contributed by atoms with Gasteiger partial charge < -0.3 is 4.90 Å². The van der Waals surface area contributed by atoms with Gasteiger partial charge in [0, 0.05) is 22.5 Å². The molecule has 2 fully saturated rings. The van der Waals surface area contributed by atoms with Gasteiger partial charge in [0.05, 0.1) is 0 Å². The number of fused-ring (bicyclic) bond motifs is 5. The van der Waals surface area contributed by atoms with Crippen molar-refractivity contribution in [2.75, 3.05) is 4.90 Å². The summed E-state index contributed by atoms with van der Waals surface area (Å²) in [5.41, 5.74) is 15.5. The predicted molar refractivity (Wildman–Crippen MR) is 202 cm³/mol. The van der Waals surface area contributed by atoms with Crippen molar-refractivity contribution >= 4 is 17.1 Å². The summed E-state index contributed by atoms with van der Waals surface area (Å²) in [6, 6.07) is 54.3. The molecule has 2 atom stereocenters. The van der Waals surface area contributed by atoms with Crippen LogP contribution in [0.25, 0.3) is 33.4 Å². The third-order valence-electron chi connectivity index (χ3n) is 11.8. The summed E-state index contributed by atoms with van der Waals surface area (Å²) >= 11 is 0. The molecular formula is C47H43N. The molecule has 236 valence electrons. The van der Waals surface area contributed by atoms with E-state index in [1.54, 1.807) is 5.56 Å². The molecule has 0 aliphatic heterocycles. The minimum atomic E-state index is -0.0135. The fourth-order valence-electron chi connectivity index (χ4n) is 9.26. The molecule has 3 aliphatic carbocycles. The van der Waals surface area contributed by atoms with Crippen molar-refractivity contribution in [3.8, 4) is 33.4 Å². The number of hydrogen-bond acceptors (Lipinski definition) is 1. The van der Waals surface area contributed by atoms with Crippen LogP contribution in [-0.2, 0) is 5.41 Å². The van der Waals surface area contributed by atoms with Gasteiger partial charge in [-0.3, -0.25) is 0 Å². The zero-order valence-corrected chi connectivity index (χ0v) is 28.1. The Labute approximate surface area is 285 Å². The van der Waals surface area contributed by atoms with Gasteiger partial charge in [0.1, 0.15) is 0 Å². The first-order chi connectivity index (χ1) is 23.5. The topological polar surface area (TPSA) is 3.24 Å². The molecule has 0 saturated heterocycles. The molecule has 6 aromatic rings. The number of nitrogens with zero attached hydrogens (tertiary/aromatic N) is 1. The Kier molecular flexibility index (Phi) is 7.12. The summed E-state index contributed by atoms with van der Waals surface area (Å²) < 4.78 is 0. The van der Waals surface area contributed by atoms with Gasteiger partial charge in [0.25, 0.3) is 0 Å². The maximum Gasteiger partial charge on any atom is 0.0468 e. The van der Waals surface area contributed by atoms with E-state index in [0.29, 0.717) is 0 Å². The molecule has 2 bridgehead atoms. The van der Waals surface area contributed by atoms with E-state index in [0.717, 1.165) is 29.1 Å². The van der Waals surface area contributed by atoms with Crippen LogP contribution in [0.4, 0.5) is 17.1 Å². The highest BCUT2D eigenvalue weighted by molar-refractivity contribution is 5.87. The lowest BCUT2D eigenvalue weighted by atomic mass is 9.77. The van der Waals surface area contributed by atoms with E-state index in [4.69, 9.17) is 0 Å². The first-order valence-electron chi connectivity index (χ1n) is 17.9. The van der Waals surface area contributed by atoms with Crippen LogP contribution < -0.4 is 4.90 Å². The smallest absolute Gasteiger partial charge is 0.0468 e. The van der Waals surface area contributed by atoms with Crippen molar-refractivity contribution in [3.63, 3.8) is 0 Å². The second-order valence-corrected chi connectivity index (χ2v) is 15.0. The predicted octanol–water partition coefficient (Wildman–Crippen LogP) is 13.1. The highest BCUT2D eigenvalue weighted by atomic mass is 15.1. The molecule has 3 aliphatic rings. The minimum Gasteiger partial charge on any atom is -0.310 e. The Morgan fingerprint density at radius 1 is 0.458 bits per heavy atom. The highest BCUT2D eigenvalue weighted by Gasteiger charge is 2.36. The molecule has 2 unspecified atom stereocenters. The van der Waals surface area contributed by atoms with Crippen LogP contribution in [-0.4, -0.2) is 0 Å². The van der Waals surface area contributed by atoms with Crippen LogP contribution in [0.3, 0.4) is 0 Å². The van der Waals surface area contributed by atoms with Gasteiger partial charge in [0.15, 0.2) is 0 Å². The summed E-state index contributed by atoms with van der Waals surface area (Å²) in [6.07, 6.45) is 7.16. The van der Waals surface area contributed by atoms with Crippen LogP contribution in [0.5, 0.6) is 0 Å². The average molecular weight is 622 g/mol. The average Bonchev–Trinajstić information content (AvgIpc) is 3.60. The molecule has 0 radical (unpaired) electrons. The molecule has 6 aromatic carbocycles. The first-order valence-corrected chi connectivity index (χ1v) is 17.9. The number of hydrogen-bond donors (Lipinski definition) is 0. The lowest BCUT2D eigenvalue weighted by molar-refractivity contribution is 0.319. The summed E-state index contributed by atoms with van der Waals surface area (Å²) in [4.78, 5) is 2.41. The van der Waals surface area contributed by atoms with Crippen LogP contribution >= 0.6 is 0 Å². The minimum absolute atomic E-state index is 0.0135. The molecule has 0 spiro atoms. The van der Waals surface area contributed by atoms with Crippen molar-refractivity contribution in [1.82, 2.24) is 0 Å². The van der Waals surface area contributed by atoms with E-state index in [1.165, 1.54) is 82.3 Å². The summed E-state index contributed by atoms with van der Waals surface area (Å²) in [7, 11) is 0. The van der Waals surface area contributed by atoms with Crippen molar-refractivity contribution < 1.29 is 0 Å². The van der Waals surface area contributed by atoms with Gasteiger partial charge in [-0.05, 0) is 123 Å². The second-order valence-electron chi connectivity index (χ2n) is 15.0. The fraction of sp³-hybridized carbons (Fsp3) is 0.234. The summed E-state index contributed by atoms with van der Waals surface area (Å²) in [5.74, 6) is 2.68. The molecular weight excluding hydrogens is 579 g/mol. The van der Waals surface area contributed by atoms with Crippen LogP contribution in [0.15, 0.2) is 146 Å². The Hall–Kier alpha value is -4.88. The highest BCUT2D eigenvalue weighted by Crippen LogP contribution is 2.51. The molecule has 1 nitrogen and oxygen atoms in total. The fourth-order valence-corrected chi connectivity index (χ4v) is 9.26. The normalized spacial score (nSPS) is 20.2. The molecule has 0 amide bonds. The van der Waals surface area contributed by atoms with Gasteiger partial charge in [-0.2, -0.15) is 0 Å². The van der Waals surface area contributed by atoms with E-state index in [2.05, 4.69) is 164 Å². The summed E-state index contributed by atoms with van der Waals surface area (Å²) in [6.45, 7) is 4.70. The van der Waals surface area contributed by atoms with Gasteiger partial charge >= 0.3 is 0 Å². The molecule has 0 aromatic heterocycles. The first kappa shape index (κ1) is 29.3. The van der Waals surface area contributed by atoms with Crippen molar-refractivity contribution in [1.29, 1.82) is 0 Å². The van der Waals surface area contributed by atoms with Crippen LogP contribution in [0.2, 0.25) is 0 Å². The molecule has 48 heavy (non-hydrogen) atoms. The zero-order valence-electron chi connectivity index (χ0n) is 28.1. The number of rotatable bonds is 6. The quantitative estimate of drug-likeness (QED) is 0.179. The van der Waals surface area contributed by atoms with Crippen molar-refractivity contribution in [2.24, 2.45) is 11.8 Å². The molecule has 9 rings (SSSR count). The van der Waals surface area contributed by atoms with E-state index in [1.807, 2.05) is 0 Å². The largest absolute Gasteiger partial charge is 0.310 e. The lowest BCUT2D eigenvalue weighted by Crippen LogP contribution is -2.15. The van der Waals surface area contributed by atoms with E-state index in [9.17, 15) is 0 Å². The SMILES string of the molecule is CC1(C)c2ccccc2-c2cc(N(c3ccc(-c4ccccc4)cc3)c3ccc(-c4ccc(C5CC6CCC(C6)C5)cc4)cc3)ccc21. The second kappa shape index (κ2) is 11.7. The van der Waals surface area contributed by atoms with E-state index < -0.39 is 0 Å². The maximum absolute atomic E-state index is 2.41. The van der Waals surface area contributed by atoms with E-state index >= 15 is 0 Å². The Balaban J connectivity index is 1.07. The third-order valence-corrected chi connectivity index (χ3v) is 11.8. The Morgan fingerprint density at radius 2 is 0.958 bits per heavy atom. The molecule has 1 heteroatoms.